The van der Waals surface area contributed by atoms with E-state index in [1.54, 1.807) is 0 Å². The van der Waals surface area contributed by atoms with Gasteiger partial charge in [0.05, 0.1) is 11.3 Å². The molecule has 23 heavy (non-hydrogen) atoms. The highest BCUT2D eigenvalue weighted by molar-refractivity contribution is 5.95. The second-order valence-electron chi connectivity index (χ2n) is 6.62. The van der Waals surface area contributed by atoms with Crippen LogP contribution in [0.1, 0.15) is 60.3 Å². The molecule has 0 radical (unpaired) electrons. The van der Waals surface area contributed by atoms with Crippen molar-refractivity contribution in [1.82, 2.24) is 15.2 Å². The first kappa shape index (κ1) is 16.0. The van der Waals surface area contributed by atoms with E-state index in [9.17, 15) is 9.59 Å². The Balaban J connectivity index is 1.73. The lowest BCUT2D eigenvalue weighted by Gasteiger charge is -2.32. The van der Waals surface area contributed by atoms with Crippen molar-refractivity contribution < 1.29 is 9.59 Å². The summed E-state index contributed by atoms with van der Waals surface area (Å²) < 4.78 is 0. The minimum Gasteiger partial charge on any atom is -0.352 e. The zero-order valence-electron chi connectivity index (χ0n) is 14.0. The number of amides is 2. The average molecular weight is 315 g/mol. The lowest BCUT2D eigenvalue weighted by molar-refractivity contribution is -0.133. The molecule has 1 aromatic rings. The molecule has 1 saturated heterocycles. The maximum atomic E-state index is 12.3. The molecule has 1 N–H and O–H groups in total. The van der Waals surface area contributed by atoms with Gasteiger partial charge in [-0.2, -0.15) is 0 Å². The molecule has 5 heteroatoms. The number of hydrogen-bond donors (Lipinski definition) is 1. The third kappa shape index (κ3) is 3.54. The first-order chi connectivity index (χ1) is 11.1. The van der Waals surface area contributed by atoms with Crippen molar-refractivity contribution in [2.45, 2.75) is 45.4 Å². The number of pyridine rings is 1. The molecule has 0 spiro atoms. The summed E-state index contributed by atoms with van der Waals surface area (Å²) in [7, 11) is 0. The summed E-state index contributed by atoms with van der Waals surface area (Å²) in [5.74, 6) is 0.821. The Bertz CT molecular complexity index is 602. The Labute approximate surface area is 137 Å². The van der Waals surface area contributed by atoms with Crippen molar-refractivity contribution in [3.05, 3.63) is 29.1 Å². The van der Waals surface area contributed by atoms with Crippen LogP contribution >= 0.6 is 0 Å². The summed E-state index contributed by atoms with van der Waals surface area (Å²) in [5, 5.41) is 2.87. The largest absolute Gasteiger partial charge is 0.352 e. The molecule has 124 valence electrons. The van der Waals surface area contributed by atoms with Crippen LogP contribution in [0.5, 0.6) is 0 Å². The molecule has 0 aromatic carbocycles. The van der Waals surface area contributed by atoms with Crippen LogP contribution in [0, 0.1) is 12.8 Å². The monoisotopic (exact) mass is 315 g/mol. The van der Waals surface area contributed by atoms with Crippen LogP contribution in [0.4, 0.5) is 0 Å². The summed E-state index contributed by atoms with van der Waals surface area (Å²) >= 11 is 0. The molecule has 1 aliphatic carbocycles. The third-order valence-corrected chi connectivity index (χ3v) is 4.77. The van der Waals surface area contributed by atoms with Gasteiger partial charge in [0.15, 0.2) is 0 Å². The van der Waals surface area contributed by atoms with E-state index in [1.165, 1.54) is 0 Å². The number of aromatic nitrogens is 1. The Morgan fingerprint density at radius 2 is 1.91 bits per heavy atom. The van der Waals surface area contributed by atoms with Crippen LogP contribution in [-0.2, 0) is 4.79 Å². The number of aryl methyl sites for hydroxylation is 1. The normalized spacial score (nSPS) is 18.8. The second kappa shape index (κ2) is 6.69. The van der Waals surface area contributed by atoms with E-state index in [0.717, 1.165) is 50.2 Å². The Hall–Kier alpha value is -1.91. The van der Waals surface area contributed by atoms with Gasteiger partial charge in [-0.3, -0.25) is 14.6 Å². The average Bonchev–Trinajstić information content (AvgIpc) is 3.39. The van der Waals surface area contributed by atoms with Crippen molar-refractivity contribution in [2.24, 2.45) is 5.92 Å². The molecule has 0 bridgehead atoms. The van der Waals surface area contributed by atoms with Crippen LogP contribution in [0.25, 0.3) is 0 Å². The number of carbonyl (C=O) groups excluding carboxylic acids is 2. The van der Waals surface area contributed by atoms with Crippen LogP contribution in [0.15, 0.2) is 12.1 Å². The highest BCUT2D eigenvalue weighted by Crippen LogP contribution is 2.34. The highest BCUT2D eigenvalue weighted by Gasteiger charge is 2.35. The second-order valence-corrected chi connectivity index (χ2v) is 6.62. The van der Waals surface area contributed by atoms with E-state index >= 15 is 0 Å². The SMILES string of the molecule is CCNC(=O)c1ccc(C)nc1C1CCN(C(=O)C2CC2)CC1. The number of nitrogens with one attached hydrogen (secondary N) is 1. The van der Waals surface area contributed by atoms with E-state index in [4.69, 9.17) is 0 Å². The minimum atomic E-state index is -0.0495. The van der Waals surface area contributed by atoms with Gasteiger partial charge in [-0.15, -0.1) is 0 Å². The fourth-order valence-electron chi connectivity index (χ4n) is 3.30. The number of likely N-dealkylation sites (tertiary alicyclic amines) is 1. The molecule has 2 fully saturated rings. The molecule has 2 amide bonds. The van der Waals surface area contributed by atoms with Gasteiger partial charge in [-0.05, 0) is 51.7 Å². The van der Waals surface area contributed by atoms with Crippen LogP contribution in [0.2, 0.25) is 0 Å². The molecular weight excluding hydrogens is 290 g/mol. The van der Waals surface area contributed by atoms with Crippen molar-refractivity contribution >= 4 is 11.8 Å². The summed E-state index contributed by atoms with van der Waals surface area (Å²) in [4.78, 5) is 31.1. The van der Waals surface area contributed by atoms with Gasteiger partial charge in [0.25, 0.3) is 5.91 Å². The van der Waals surface area contributed by atoms with Crippen molar-refractivity contribution in [3.63, 3.8) is 0 Å². The molecule has 0 atom stereocenters. The van der Waals surface area contributed by atoms with E-state index < -0.39 is 0 Å². The van der Waals surface area contributed by atoms with Gasteiger partial charge in [0.2, 0.25) is 5.91 Å². The van der Waals surface area contributed by atoms with E-state index in [2.05, 4.69) is 10.3 Å². The number of carbonyl (C=O) groups is 2. The van der Waals surface area contributed by atoms with E-state index in [0.29, 0.717) is 18.0 Å². The van der Waals surface area contributed by atoms with Crippen LogP contribution in [0.3, 0.4) is 0 Å². The number of piperidine rings is 1. The molecule has 2 heterocycles. The third-order valence-electron chi connectivity index (χ3n) is 4.77. The summed E-state index contributed by atoms with van der Waals surface area (Å²) in [6.07, 6.45) is 3.89. The molecule has 0 unspecified atom stereocenters. The maximum absolute atomic E-state index is 12.3. The fraction of sp³-hybridized carbons (Fsp3) is 0.611. The Kier molecular flexibility index (Phi) is 4.64. The summed E-state index contributed by atoms with van der Waals surface area (Å²) in [5.41, 5.74) is 2.52. The molecule has 1 aliphatic heterocycles. The fourth-order valence-corrected chi connectivity index (χ4v) is 3.30. The number of rotatable bonds is 4. The van der Waals surface area contributed by atoms with Gasteiger partial charge in [0.1, 0.15) is 0 Å². The van der Waals surface area contributed by atoms with E-state index in [-0.39, 0.29) is 17.7 Å². The Morgan fingerprint density at radius 1 is 1.22 bits per heavy atom. The van der Waals surface area contributed by atoms with Crippen molar-refractivity contribution in [3.8, 4) is 0 Å². The quantitative estimate of drug-likeness (QED) is 0.927. The zero-order valence-corrected chi connectivity index (χ0v) is 14.0. The molecule has 2 aliphatic rings. The number of nitrogens with zero attached hydrogens (tertiary/aromatic N) is 2. The summed E-state index contributed by atoms with van der Waals surface area (Å²) in [6, 6.07) is 3.77. The predicted octanol–water partition coefficient (Wildman–Crippen LogP) is 2.26. The zero-order chi connectivity index (χ0) is 16.4. The van der Waals surface area contributed by atoms with Crippen LogP contribution in [-0.4, -0.2) is 41.3 Å². The lowest BCUT2D eigenvalue weighted by Crippen LogP contribution is -2.39. The summed E-state index contributed by atoms with van der Waals surface area (Å²) in [6.45, 7) is 6.05. The van der Waals surface area contributed by atoms with Gasteiger partial charge in [-0.25, -0.2) is 0 Å². The molecule has 5 nitrogen and oxygen atoms in total. The lowest BCUT2D eigenvalue weighted by atomic mass is 9.89. The van der Waals surface area contributed by atoms with Crippen molar-refractivity contribution in [2.75, 3.05) is 19.6 Å². The number of hydrogen-bond acceptors (Lipinski definition) is 3. The standard InChI is InChI=1S/C18H25N3O2/c1-3-19-17(22)15-7-4-12(2)20-16(15)13-8-10-21(11-9-13)18(23)14-5-6-14/h4,7,13-14H,3,5-6,8-11H2,1-2H3,(H,19,22). The molecule has 1 saturated carbocycles. The first-order valence-corrected chi connectivity index (χ1v) is 8.64. The molecular formula is C18H25N3O2. The van der Waals surface area contributed by atoms with Crippen molar-refractivity contribution in [1.29, 1.82) is 0 Å². The smallest absolute Gasteiger partial charge is 0.253 e. The highest BCUT2D eigenvalue weighted by atomic mass is 16.2. The van der Waals surface area contributed by atoms with Gasteiger partial charge < -0.3 is 10.2 Å². The topological polar surface area (TPSA) is 62.3 Å². The van der Waals surface area contributed by atoms with Gasteiger partial charge >= 0.3 is 0 Å². The van der Waals surface area contributed by atoms with E-state index in [1.807, 2.05) is 30.9 Å². The first-order valence-electron chi connectivity index (χ1n) is 8.64. The molecule has 1 aromatic heterocycles. The predicted molar refractivity (Wildman–Crippen MR) is 88.3 cm³/mol. The van der Waals surface area contributed by atoms with Gasteiger partial charge in [0, 0.05) is 37.2 Å². The minimum absolute atomic E-state index is 0.0495. The Morgan fingerprint density at radius 3 is 2.52 bits per heavy atom. The van der Waals surface area contributed by atoms with Crippen LogP contribution < -0.4 is 5.32 Å². The van der Waals surface area contributed by atoms with Gasteiger partial charge in [-0.1, -0.05) is 0 Å². The molecule has 3 rings (SSSR count). The maximum Gasteiger partial charge on any atom is 0.253 e.